The molecule has 2 aromatic rings. The molecule has 0 radical (unpaired) electrons. The number of thioether (sulfide) groups is 1. The Balaban J connectivity index is 1.60. The molecule has 1 unspecified atom stereocenters. The largest absolute Gasteiger partial charge is 0.126 e. The molecule has 0 nitrogen and oxygen atoms in total. The van der Waals surface area contributed by atoms with E-state index < -0.39 is 0 Å². The zero-order valence-corrected chi connectivity index (χ0v) is 13.2. The zero-order chi connectivity index (χ0) is 14.1. The molecule has 0 spiro atoms. The fourth-order valence-corrected chi connectivity index (χ4v) is 5.64. The van der Waals surface area contributed by atoms with Gasteiger partial charge in [0.15, 0.2) is 0 Å². The van der Waals surface area contributed by atoms with Gasteiger partial charge in [-0.15, -0.1) is 11.8 Å². The highest BCUT2D eigenvalue weighted by molar-refractivity contribution is 7.99. The maximum atomic E-state index is 2.39. The fourth-order valence-electron chi connectivity index (χ4n) is 4.38. The van der Waals surface area contributed by atoms with Crippen molar-refractivity contribution >= 4 is 11.8 Å². The Morgan fingerprint density at radius 3 is 2.67 bits per heavy atom. The van der Waals surface area contributed by atoms with E-state index in [4.69, 9.17) is 0 Å². The lowest BCUT2D eigenvalue weighted by Crippen LogP contribution is -2.32. The Morgan fingerprint density at radius 2 is 1.76 bits per heavy atom. The van der Waals surface area contributed by atoms with Crippen molar-refractivity contribution < 1.29 is 0 Å². The first-order valence-corrected chi connectivity index (χ1v) is 9.12. The van der Waals surface area contributed by atoms with Crippen LogP contribution < -0.4 is 0 Å². The molecule has 1 fully saturated rings. The molecule has 0 aliphatic heterocycles. The minimum atomic E-state index is 0.516. The monoisotopic (exact) mass is 294 g/mol. The molecular weight excluding hydrogens is 272 g/mol. The van der Waals surface area contributed by atoms with E-state index >= 15 is 0 Å². The van der Waals surface area contributed by atoms with Crippen molar-refractivity contribution in [2.75, 3.05) is 5.75 Å². The second-order valence-corrected chi connectivity index (χ2v) is 7.69. The SMILES string of the molecule is c1ccc(SC[C@]23CCCCC2c2ccccc2C3)cc1. The van der Waals surface area contributed by atoms with Crippen LogP contribution in [0.4, 0.5) is 0 Å². The van der Waals surface area contributed by atoms with Gasteiger partial charge in [-0.05, 0) is 53.9 Å². The highest BCUT2D eigenvalue weighted by Gasteiger charge is 2.46. The standard InChI is InChI=1S/C20H22S/c1-2-9-17(10-3-1)21-15-20-13-7-6-12-19(20)18-11-5-4-8-16(18)14-20/h1-5,8-11,19H,6-7,12-15H2/t19?,20-/m1/s1. The third kappa shape index (κ3) is 2.42. The van der Waals surface area contributed by atoms with Crippen molar-refractivity contribution in [3.8, 4) is 0 Å². The van der Waals surface area contributed by atoms with Crippen LogP contribution in [0.25, 0.3) is 0 Å². The average molecular weight is 294 g/mol. The van der Waals surface area contributed by atoms with Gasteiger partial charge < -0.3 is 0 Å². The number of rotatable bonds is 3. The summed E-state index contributed by atoms with van der Waals surface area (Å²) in [6, 6.07) is 20.1. The molecule has 2 aliphatic carbocycles. The summed E-state index contributed by atoms with van der Waals surface area (Å²) in [5.41, 5.74) is 3.80. The Bertz CT molecular complexity index is 619. The van der Waals surface area contributed by atoms with Gasteiger partial charge in [-0.25, -0.2) is 0 Å². The summed E-state index contributed by atoms with van der Waals surface area (Å²) in [5, 5.41) is 0. The van der Waals surface area contributed by atoms with Crippen LogP contribution in [-0.2, 0) is 6.42 Å². The first-order chi connectivity index (χ1) is 10.4. The predicted octanol–water partition coefficient (Wildman–Crippen LogP) is 5.68. The summed E-state index contributed by atoms with van der Waals surface area (Å²) < 4.78 is 0. The molecular formula is C20H22S. The molecule has 0 N–H and O–H groups in total. The van der Waals surface area contributed by atoms with Crippen LogP contribution in [-0.4, -0.2) is 5.75 Å². The average Bonchev–Trinajstić information content (AvgIpc) is 2.89. The summed E-state index contributed by atoms with van der Waals surface area (Å²) in [6.07, 6.45) is 6.93. The van der Waals surface area contributed by atoms with E-state index in [0.29, 0.717) is 5.41 Å². The van der Waals surface area contributed by atoms with Gasteiger partial charge in [0.2, 0.25) is 0 Å². The minimum absolute atomic E-state index is 0.516. The maximum absolute atomic E-state index is 2.39. The highest BCUT2D eigenvalue weighted by atomic mass is 32.2. The molecule has 2 aromatic carbocycles. The summed E-state index contributed by atoms with van der Waals surface area (Å²) >= 11 is 2.06. The van der Waals surface area contributed by atoms with Crippen LogP contribution in [0.3, 0.4) is 0 Å². The molecule has 2 atom stereocenters. The van der Waals surface area contributed by atoms with Crippen molar-refractivity contribution in [1.82, 2.24) is 0 Å². The fraction of sp³-hybridized carbons (Fsp3) is 0.400. The van der Waals surface area contributed by atoms with E-state index in [1.165, 1.54) is 42.8 Å². The minimum Gasteiger partial charge on any atom is -0.126 e. The molecule has 21 heavy (non-hydrogen) atoms. The molecule has 0 heterocycles. The molecule has 0 bridgehead atoms. The summed E-state index contributed by atoms with van der Waals surface area (Å²) in [5.74, 6) is 2.08. The third-order valence-electron chi connectivity index (χ3n) is 5.40. The van der Waals surface area contributed by atoms with E-state index in [0.717, 1.165) is 5.92 Å². The lowest BCUT2D eigenvalue weighted by Gasteiger charge is -2.40. The van der Waals surface area contributed by atoms with Crippen molar-refractivity contribution in [2.24, 2.45) is 5.41 Å². The van der Waals surface area contributed by atoms with Gasteiger partial charge in [-0.2, -0.15) is 0 Å². The lowest BCUT2D eigenvalue weighted by atomic mass is 9.68. The van der Waals surface area contributed by atoms with Crippen molar-refractivity contribution in [3.05, 3.63) is 65.7 Å². The Morgan fingerprint density at radius 1 is 0.952 bits per heavy atom. The number of hydrogen-bond acceptors (Lipinski definition) is 1. The van der Waals surface area contributed by atoms with Gasteiger partial charge in [0.25, 0.3) is 0 Å². The molecule has 0 amide bonds. The molecule has 108 valence electrons. The highest BCUT2D eigenvalue weighted by Crippen LogP contribution is 2.57. The first-order valence-electron chi connectivity index (χ1n) is 8.13. The molecule has 0 saturated heterocycles. The second-order valence-electron chi connectivity index (χ2n) is 6.64. The normalized spacial score (nSPS) is 27.1. The Hall–Kier alpha value is -1.21. The maximum Gasteiger partial charge on any atom is 0.00721 e. The zero-order valence-electron chi connectivity index (χ0n) is 12.4. The van der Waals surface area contributed by atoms with Gasteiger partial charge >= 0.3 is 0 Å². The van der Waals surface area contributed by atoms with Crippen LogP contribution in [0.5, 0.6) is 0 Å². The molecule has 0 aromatic heterocycles. The van der Waals surface area contributed by atoms with Crippen LogP contribution in [0, 0.1) is 5.41 Å². The van der Waals surface area contributed by atoms with Gasteiger partial charge in [-0.3, -0.25) is 0 Å². The van der Waals surface area contributed by atoms with E-state index in [2.05, 4.69) is 66.4 Å². The summed E-state index contributed by atoms with van der Waals surface area (Å²) in [4.78, 5) is 1.42. The van der Waals surface area contributed by atoms with E-state index in [1.54, 1.807) is 11.1 Å². The van der Waals surface area contributed by atoms with Gasteiger partial charge in [0.05, 0.1) is 0 Å². The molecule has 2 aliphatic rings. The van der Waals surface area contributed by atoms with Crippen molar-refractivity contribution in [1.29, 1.82) is 0 Å². The topological polar surface area (TPSA) is 0 Å². The lowest BCUT2D eigenvalue weighted by molar-refractivity contribution is 0.201. The van der Waals surface area contributed by atoms with Gasteiger partial charge in [0, 0.05) is 10.6 Å². The smallest absolute Gasteiger partial charge is 0.00721 e. The molecule has 1 heteroatoms. The van der Waals surface area contributed by atoms with Gasteiger partial charge in [-0.1, -0.05) is 55.3 Å². The third-order valence-corrected chi connectivity index (χ3v) is 6.72. The van der Waals surface area contributed by atoms with Gasteiger partial charge in [0.1, 0.15) is 0 Å². The molecule has 4 rings (SSSR count). The number of benzene rings is 2. The van der Waals surface area contributed by atoms with Crippen LogP contribution >= 0.6 is 11.8 Å². The van der Waals surface area contributed by atoms with Crippen molar-refractivity contribution in [3.63, 3.8) is 0 Å². The number of hydrogen-bond donors (Lipinski definition) is 0. The Labute approximate surface area is 132 Å². The first kappa shape index (κ1) is 13.5. The van der Waals surface area contributed by atoms with Crippen LogP contribution in [0.15, 0.2) is 59.5 Å². The van der Waals surface area contributed by atoms with Crippen LogP contribution in [0.1, 0.15) is 42.7 Å². The van der Waals surface area contributed by atoms with E-state index in [-0.39, 0.29) is 0 Å². The second kappa shape index (κ2) is 5.53. The van der Waals surface area contributed by atoms with E-state index in [9.17, 15) is 0 Å². The Kier molecular flexibility index (Phi) is 3.54. The quantitative estimate of drug-likeness (QED) is 0.656. The summed E-state index contributed by atoms with van der Waals surface area (Å²) in [7, 11) is 0. The predicted molar refractivity (Wildman–Crippen MR) is 91.0 cm³/mol. The summed E-state index contributed by atoms with van der Waals surface area (Å²) in [6.45, 7) is 0. The van der Waals surface area contributed by atoms with Crippen LogP contribution in [0.2, 0.25) is 0 Å². The molecule has 1 saturated carbocycles. The van der Waals surface area contributed by atoms with Crippen molar-refractivity contribution in [2.45, 2.75) is 42.9 Å². The number of fused-ring (bicyclic) bond motifs is 3. The van der Waals surface area contributed by atoms with E-state index in [1.807, 2.05) is 0 Å².